The highest BCUT2D eigenvalue weighted by atomic mass is 15.2. The first-order chi connectivity index (χ1) is 8.29. The predicted molar refractivity (Wildman–Crippen MR) is 70.5 cm³/mol. The molecule has 0 aromatic carbocycles. The lowest BCUT2D eigenvalue weighted by Gasteiger charge is -2.26. The Morgan fingerprint density at radius 3 is 2.94 bits per heavy atom. The Morgan fingerprint density at radius 1 is 1.29 bits per heavy atom. The van der Waals surface area contributed by atoms with Gasteiger partial charge >= 0.3 is 0 Å². The van der Waals surface area contributed by atoms with Crippen molar-refractivity contribution in [3.63, 3.8) is 0 Å². The van der Waals surface area contributed by atoms with Crippen molar-refractivity contribution in [1.29, 1.82) is 0 Å². The highest BCUT2D eigenvalue weighted by Gasteiger charge is 2.17. The number of hydrogen-bond acceptors (Lipinski definition) is 3. The maximum atomic E-state index is 5.63. The summed E-state index contributed by atoms with van der Waals surface area (Å²) in [6.07, 6.45) is 5.38. The SMILES string of the molecule is CC1CCCCCN1Cc1cccc(CN)n1. The third-order valence-electron chi connectivity index (χ3n) is 3.63. The molecule has 2 rings (SSSR count). The summed E-state index contributed by atoms with van der Waals surface area (Å²) in [5.41, 5.74) is 7.77. The van der Waals surface area contributed by atoms with Gasteiger partial charge in [-0.15, -0.1) is 0 Å². The Balaban J connectivity index is 2.02. The summed E-state index contributed by atoms with van der Waals surface area (Å²) in [6.45, 7) is 5.03. The molecule has 0 radical (unpaired) electrons. The molecule has 1 aromatic rings. The molecule has 0 spiro atoms. The number of rotatable bonds is 3. The smallest absolute Gasteiger partial charge is 0.0547 e. The molecule has 1 fully saturated rings. The van der Waals surface area contributed by atoms with Crippen LogP contribution in [0, 0.1) is 0 Å². The zero-order chi connectivity index (χ0) is 12.1. The second-order valence-corrected chi connectivity index (χ2v) is 4.99. The average molecular weight is 233 g/mol. The molecule has 94 valence electrons. The molecule has 1 saturated heterocycles. The van der Waals surface area contributed by atoms with Crippen molar-refractivity contribution in [2.24, 2.45) is 5.73 Å². The van der Waals surface area contributed by atoms with Gasteiger partial charge in [0, 0.05) is 19.1 Å². The Kier molecular flexibility index (Phi) is 4.51. The van der Waals surface area contributed by atoms with Gasteiger partial charge in [0.2, 0.25) is 0 Å². The van der Waals surface area contributed by atoms with Gasteiger partial charge in [-0.05, 0) is 38.4 Å². The zero-order valence-electron chi connectivity index (χ0n) is 10.7. The van der Waals surface area contributed by atoms with Crippen LogP contribution in [-0.4, -0.2) is 22.5 Å². The van der Waals surface area contributed by atoms with Crippen LogP contribution in [0.1, 0.15) is 44.0 Å². The van der Waals surface area contributed by atoms with Crippen molar-refractivity contribution in [3.05, 3.63) is 29.6 Å². The minimum absolute atomic E-state index is 0.531. The van der Waals surface area contributed by atoms with Gasteiger partial charge in [-0.2, -0.15) is 0 Å². The molecule has 1 atom stereocenters. The normalized spacial score (nSPS) is 22.4. The lowest BCUT2D eigenvalue weighted by atomic mass is 10.1. The summed E-state index contributed by atoms with van der Waals surface area (Å²) in [7, 11) is 0. The van der Waals surface area contributed by atoms with Crippen LogP contribution in [0.25, 0.3) is 0 Å². The minimum Gasteiger partial charge on any atom is -0.325 e. The van der Waals surface area contributed by atoms with E-state index in [1.807, 2.05) is 6.07 Å². The highest BCUT2D eigenvalue weighted by molar-refractivity contribution is 5.11. The van der Waals surface area contributed by atoms with E-state index < -0.39 is 0 Å². The van der Waals surface area contributed by atoms with Crippen LogP contribution >= 0.6 is 0 Å². The molecule has 2 heterocycles. The Bertz CT molecular complexity index is 351. The Labute approximate surface area is 104 Å². The minimum atomic E-state index is 0.531. The molecule has 0 aliphatic carbocycles. The van der Waals surface area contributed by atoms with E-state index in [0.29, 0.717) is 12.6 Å². The molecule has 1 aliphatic rings. The van der Waals surface area contributed by atoms with Gasteiger partial charge in [0.25, 0.3) is 0 Å². The lowest BCUT2D eigenvalue weighted by Crippen LogP contribution is -2.32. The summed E-state index contributed by atoms with van der Waals surface area (Å²) in [5, 5.41) is 0. The highest BCUT2D eigenvalue weighted by Crippen LogP contribution is 2.18. The van der Waals surface area contributed by atoms with Crippen molar-refractivity contribution in [2.75, 3.05) is 6.54 Å². The van der Waals surface area contributed by atoms with E-state index in [4.69, 9.17) is 5.73 Å². The van der Waals surface area contributed by atoms with Gasteiger partial charge in [0.05, 0.1) is 11.4 Å². The van der Waals surface area contributed by atoms with Gasteiger partial charge in [-0.3, -0.25) is 9.88 Å². The van der Waals surface area contributed by atoms with Crippen LogP contribution < -0.4 is 5.73 Å². The zero-order valence-corrected chi connectivity index (χ0v) is 10.7. The third-order valence-corrected chi connectivity index (χ3v) is 3.63. The first-order valence-corrected chi connectivity index (χ1v) is 6.68. The fourth-order valence-corrected chi connectivity index (χ4v) is 2.51. The predicted octanol–water partition coefficient (Wildman–Crippen LogP) is 2.30. The molecule has 2 N–H and O–H groups in total. The van der Waals surface area contributed by atoms with Crippen LogP contribution in [0.4, 0.5) is 0 Å². The molecule has 1 unspecified atom stereocenters. The first kappa shape index (κ1) is 12.5. The van der Waals surface area contributed by atoms with E-state index >= 15 is 0 Å². The maximum absolute atomic E-state index is 5.63. The molecule has 0 amide bonds. The van der Waals surface area contributed by atoms with Crippen LogP contribution in [0.5, 0.6) is 0 Å². The van der Waals surface area contributed by atoms with Crippen LogP contribution in [0.2, 0.25) is 0 Å². The average Bonchev–Trinajstić information content (AvgIpc) is 2.55. The van der Waals surface area contributed by atoms with E-state index in [0.717, 1.165) is 17.9 Å². The van der Waals surface area contributed by atoms with Gasteiger partial charge in [-0.25, -0.2) is 0 Å². The van der Waals surface area contributed by atoms with Crippen LogP contribution in [-0.2, 0) is 13.1 Å². The molecule has 1 aliphatic heterocycles. The summed E-state index contributed by atoms with van der Waals surface area (Å²) in [4.78, 5) is 7.13. The fourth-order valence-electron chi connectivity index (χ4n) is 2.51. The van der Waals surface area contributed by atoms with Crippen molar-refractivity contribution in [1.82, 2.24) is 9.88 Å². The number of pyridine rings is 1. The number of aromatic nitrogens is 1. The largest absolute Gasteiger partial charge is 0.325 e. The quantitative estimate of drug-likeness (QED) is 0.871. The van der Waals surface area contributed by atoms with Crippen molar-refractivity contribution < 1.29 is 0 Å². The molecule has 17 heavy (non-hydrogen) atoms. The van der Waals surface area contributed by atoms with E-state index in [9.17, 15) is 0 Å². The lowest BCUT2D eigenvalue weighted by molar-refractivity contribution is 0.202. The van der Waals surface area contributed by atoms with Crippen molar-refractivity contribution >= 4 is 0 Å². The standard InChI is InChI=1S/C14H23N3/c1-12-6-3-2-4-9-17(12)11-14-8-5-7-13(10-15)16-14/h5,7-8,12H,2-4,6,9-11,15H2,1H3. The van der Waals surface area contributed by atoms with Crippen LogP contribution in [0.3, 0.4) is 0 Å². The maximum Gasteiger partial charge on any atom is 0.0547 e. The monoisotopic (exact) mass is 233 g/mol. The van der Waals surface area contributed by atoms with Gasteiger partial charge < -0.3 is 5.73 Å². The summed E-state index contributed by atoms with van der Waals surface area (Å²) in [5.74, 6) is 0. The van der Waals surface area contributed by atoms with Crippen LogP contribution in [0.15, 0.2) is 18.2 Å². The summed E-state index contributed by atoms with van der Waals surface area (Å²) in [6, 6.07) is 6.85. The van der Waals surface area contributed by atoms with Gasteiger partial charge in [0.15, 0.2) is 0 Å². The van der Waals surface area contributed by atoms with Crippen molar-refractivity contribution in [3.8, 4) is 0 Å². The van der Waals surface area contributed by atoms with Crippen molar-refractivity contribution in [2.45, 2.75) is 51.7 Å². The second kappa shape index (κ2) is 6.12. The number of nitrogens with zero attached hydrogens (tertiary/aromatic N) is 2. The molecule has 1 aromatic heterocycles. The molecule has 3 heteroatoms. The number of nitrogens with two attached hydrogens (primary N) is 1. The summed E-state index contributed by atoms with van der Waals surface area (Å²) < 4.78 is 0. The van der Waals surface area contributed by atoms with Gasteiger partial charge in [0.1, 0.15) is 0 Å². The first-order valence-electron chi connectivity index (χ1n) is 6.68. The third kappa shape index (κ3) is 3.51. The molecular weight excluding hydrogens is 210 g/mol. The van der Waals surface area contributed by atoms with Gasteiger partial charge in [-0.1, -0.05) is 18.9 Å². The number of hydrogen-bond donors (Lipinski definition) is 1. The molecule has 0 saturated carbocycles. The molecule has 0 bridgehead atoms. The molecule has 3 nitrogen and oxygen atoms in total. The fraction of sp³-hybridized carbons (Fsp3) is 0.643. The molecular formula is C14H23N3. The topological polar surface area (TPSA) is 42.1 Å². The number of likely N-dealkylation sites (tertiary alicyclic amines) is 1. The Hall–Kier alpha value is -0.930. The van der Waals surface area contributed by atoms with E-state index in [-0.39, 0.29) is 0 Å². The van der Waals surface area contributed by atoms with E-state index in [1.54, 1.807) is 0 Å². The second-order valence-electron chi connectivity index (χ2n) is 4.99. The summed E-state index contributed by atoms with van der Waals surface area (Å²) >= 11 is 0. The van der Waals surface area contributed by atoms with E-state index in [2.05, 4.69) is 28.9 Å². The van der Waals surface area contributed by atoms with E-state index in [1.165, 1.54) is 32.2 Å². The Morgan fingerprint density at radius 2 is 2.12 bits per heavy atom.